The maximum atomic E-state index is 12.3. The first-order valence-electron chi connectivity index (χ1n) is 7.01. The Kier molecular flexibility index (Phi) is 4.16. The number of rotatable bonds is 4. The van der Waals surface area contributed by atoms with Gasteiger partial charge in [-0.3, -0.25) is 9.59 Å². The molecule has 1 fully saturated rings. The Balaban J connectivity index is 2.16. The van der Waals surface area contributed by atoms with Crippen molar-refractivity contribution in [2.24, 2.45) is 11.3 Å². The summed E-state index contributed by atoms with van der Waals surface area (Å²) in [5.74, 6) is 0.0657. The van der Waals surface area contributed by atoms with Crippen molar-refractivity contribution in [1.82, 2.24) is 4.90 Å². The van der Waals surface area contributed by atoms with Crippen LogP contribution >= 0.6 is 0 Å². The van der Waals surface area contributed by atoms with E-state index in [0.29, 0.717) is 31.9 Å². The first-order valence-corrected chi connectivity index (χ1v) is 7.01. The Morgan fingerprint density at radius 3 is 2.80 bits per heavy atom. The minimum Gasteiger partial charge on any atom is -0.466 e. The number of hydrogen-bond acceptors (Lipinski definition) is 4. The van der Waals surface area contributed by atoms with Gasteiger partial charge in [0.05, 0.1) is 18.3 Å². The Bertz CT molecular complexity index is 480. The van der Waals surface area contributed by atoms with Gasteiger partial charge in [-0.25, -0.2) is 0 Å². The smallest absolute Gasteiger partial charge is 0.314 e. The monoisotopic (exact) mass is 279 g/mol. The highest BCUT2D eigenvalue weighted by Crippen LogP contribution is 2.39. The fraction of sp³-hybridized carbons (Fsp3) is 0.600. The lowest BCUT2D eigenvalue weighted by Gasteiger charge is -2.30. The summed E-state index contributed by atoms with van der Waals surface area (Å²) in [7, 11) is 0. The van der Waals surface area contributed by atoms with Crippen LogP contribution in [0, 0.1) is 11.3 Å². The van der Waals surface area contributed by atoms with E-state index >= 15 is 0 Å². The summed E-state index contributed by atoms with van der Waals surface area (Å²) in [5, 5.41) is 0. The van der Waals surface area contributed by atoms with Gasteiger partial charge < -0.3 is 14.1 Å². The number of hydrogen-bond donors (Lipinski definition) is 0. The van der Waals surface area contributed by atoms with E-state index in [2.05, 4.69) is 0 Å². The third-order valence-electron chi connectivity index (χ3n) is 4.11. The molecule has 20 heavy (non-hydrogen) atoms. The van der Waals surface area contributed by atoms with Crippen LogP contribution in [-0.2, 0) is 9.53 Å². The molecule has 0 bridgehead atoms. The van der Waals surface area contributed by atoms with Crippen molar-refractivity contribution in [2.45, 2.75) is 27.2 Å². The lowest BCUT2D eigenvalue weighted by atomic mass is 9.76. The van der Waals surface area contributed by atoms with Crippen LogP contribution in [0.25, 0.3) is 0 Å². The molecule has 0 unspecified atom stereocenters. The molecule has 2 rings (SSSR count). The van der Waals surface area contributed by atoms with Crippen LogP contribution in [-0.4, -0.2) is 36.5 Å². The quantitative estimate of drug-likeness (QED) is 0.794. The second kappa shape index (κ2) is 5.69. The molecule has 1 aliphatic rings. The van der Waals surface area contributed by atoms with Gasteiger partial charge in [0, 0.05) is 13.1 Å². The average molecular weight is 279 g/mol. The van der Waals surface area contributed by atoms with Crippen molar-refractivity contribution in [1.29, 1.82) is 0 Å². The van der Waals surface area contributed by atoms with Gasteiger partial charge in [-0.2, -0.15) is 0 Å². The summed E-state index contributed by atoms with van der Waals surface area (Å²) in [6.45, 7) is 7.10. The molecule has 5 nitrogen and oxygen atoms in total. The molecule has 0 saturated carbocycles. The number of amides is 1. The maximum absolute atomic E-state index is 12.3. The van der Waals surface area contributed by atoms with Crippen LogP contribution in [0.5, 0.6) is 0 Å². The van der Waals surface area contributed by atoms with Crippen molar-refractivity contribution in [2.75, 3.05) is 19.7 Å². The zero-order chi connectivity index (χ0) is 14.8. The van der Waals surface area contributed by atoms with Gasteiger partial charge in [-0.05, 0) is 31.4 Å². The van der Waals surface area contributed by atoms with Crippen LogP contribution in [0.2, 0.25) is 0 Å². The molecular weight excluding hydrogens is 258 g/mol. The summed E-state index contributed by atoms with van der Waals surface area (Å²) in [6.07, 6.45) is 2.11. The highest BCUT2D eigenvalue weighted by Gasteiger charge is 2.49. The highest BCUT2D eigenvalue weighted by atomic mass is 16.5. The van der Waals surface area contributed by atoms with E-state index in [0.717, 1.165) is 0 Å². The molecule has 1 aromatic heterocycles. The fourth-order valence-electron chi connectivity index (χ4n) is 2.71. The number of ether oxygens (including phenoxy) is 1. The Hall–Kier alpha value is -1.78. The largest absolute Gasteiger partial charge is 0.466 e. The van der Waals surface area contributed by atoms with Gasteiger partial charge in [0.2, 0.25) is 0 Å². The molecule has 1 aliphatic heterocycles. The van der Waals surface area contributed by atoms with E-state index in [1.807, 2.05) is 13.8 Å². The lowest BCUT2D eigenvalue weighted by Crippen LogP contribution is -2.41. The molecule has 1 amide bonds. The minimum atomic E-state index is -0.599. The number of nitrogens with zero attached hydrogens (tertiary/aromatic N) is 1. The van der Waals surface area contributed by atoms with Crippen LogP contribution in [0.1, 0.15) is 37.7 Å². The van der Waals surface area contributed by atoms with Crippen LogP contribution in [0.3, 0.4) is 0 Å². The molecule has 0 N–H and O–H groups in total. The zero-order valence-corrected chi connectivity index (χ0v) is 12.2. The molecule has 0 aliphatic carbocycles. The second-order valence-corrected chi connectivity index (χ2v) is 5.49. The number of likely N-dealkylation sites (tertiary alicyclic amines) is 1. The van der Waals surface area contributed by atoms with Gasteiger partial charge in [-0.1, -0.05) is 13.8 Å². The normalized spacial score (nSPS) is 22.3. The second-order valence-electron chi connectivity index (χ2n) is 5.49. The molecule has 0 radical (unpaired) electrons. The first kappa shape index (κ1) is 14.6. The van der Waals surface area contributed by atoms with E-state index in [4.69, 9.17) is 9.15 Å². The molecule has 1 atom stereocenters. The van der Waals surface area contributed by atoms with Crippen molar-refractivity contribution >= 4 is 11.9 Å². The van der Waals surface area contributed by atoms with Crippen molar-refractivity contribution in [3.8, 4) is 0 Å². The van der Waals surface area contributed by atoms with E-state index in [-0.39, 0.29) is 17.8 Å². The van der Waals surface area contributed by atoms with Gasteiger partial charge >= 0.3 is 5.97 Å². The standard InChI is InChI=1S/C15H21NO4/c1-4-19-14(18)15(11(2)3)7-8-16(10-15)13(17)12-6-5-9-20-12/h5-6,9,11H,4,7-8,10H2,1-3H3/t15-/m1/s1. The Morgan fingerprint density at radius 2 is 2.25 bits per heavy atom. The molecule has 1 saturated heterocycles. The first-order chi connectivity index (χ1) is 9.51. The van der Waals surface area contributed by atoms with Crippen LogP contribution in [0.15, 0.2) is 22.8 Å². The summed E-state index contributed by atoms with van der Waals surface area (Å²) >= 11 is 0. The molecule has 0 spiro atoms. The van der Waals surface area contributed by atoms with Crippen molar-refractivity contribution in [3.05, 3.63) is 24.2 Å². The van der Waals surface area contributed by atoms with Gasteiger partial charge in [0.25, 0.3) is 5.91 Å². The fourth-order valence-corrected chi connectivity index (χ4v) is 2.71. The number of carbonyl (C=O) groups excluding carboxylic acids is 2. The summed E-state index contributed by atoms with van der Waals surface area (Å²) in [6, 6.07) is 3.33. The number of furan rings is 1. The van der Waals surface area contributed by atoms with Crippen LogP contribution < -0.4 is 0 Å². The minimum absolute atomic E-state index is 0.121. The number of carbonyl (C=O) groups is 2. The van der Waals surface area contributed by atoms with Crippen molar-refractivity contribution in [3.63, 3.8) is 0 Å². The van der Waals surface area contributed by atoms with E-state index < -0.39 is 5.41 Å². The van der Waals surface area contributed by atoms with Gasteiger partial charge in [-0.15, -0.1) is 0 Å². The lowest BCUT2D eigenvalue weighted by molar-refractivity contribution is -0.157. The topological polar surface area (TPSA) is 59.8 Å². The van der Waals surface area contributed by atoms with Gasteiger partial charge in [0.1, 0.15) is 0 Å². The highest BCUT2D eigenvalue weighted by molar-refractivity contribution is 5.92. The third kappa shape index (κ3) is 2.44. The summed E-state index contributed by atoms with van der Waals surface area (Å²) in [4.78, 5) is 26.2. The molecule has 2 heterocycles. The SMILES string of the molecule is CCOC(=O)[C@]1(C(C)C)CCN(C(=O)c2ccco2)C1. The molecule has 0 aromatic carbocycles. The summed E-state index contributed by atoms with van der Waals surface area (Å²) < 4.78 is 10.3. The predicted octanol–water partition coefficient (Wildman–Crippen LogP) is 2.33. The summed E-state index contributed by atoms with van der Waals surface area (Å²) in [5.41, 5.74) is -0.599. The van der Waals surface area contributed by atoms with E-state index in [9.17, 15) is 9.59 Å². The predicted molar refractivity (Wildman–Crippen MR) is 73.1 cm³/mol. The van der Waals surface area contributed by atoms with Crippen molar-refractivity contribution < 1.29 is 18.7 Å². The average Bonchev–Trinajstić information content (AvgIpc) is 3.08. The van der Waals surface area contributed by atoms with Gasteiger partial charge in [0.15, 0.2) is 5.76 Å². The maximum Gasteiger partial charge on any atom is 0.314 e. The zero-order valence-electron chi connectivity index (χ0n) is 12.2. The Morgan fingerprint density at radius 1 is 1.50 bits per heavy atom. The number of esters is 1. The molecule has 5 heteroatoms. The van der Waals surface area contributed by atoms with E-state index in [1.165, 1.54) is 6.26 Å². The van der Waals surface area contributed by atoms with E-state index in [1.54, 1.807) is 24.0 Å². The molecule has 110 valence electrons. The van der Waals surface area contributed by atoms with Crippen LogP contribution in [0.4, 0.5) is 0 Å². The third-order valence-corrected chi connectivity index (χ3v) is 4.11. The Labute approximate surface area is 118 Å². The molecule has 1 aromatic rings. The molecular formula is C15H21NO4.